The molecule has 1 amide bonds. The number of nitrogens with two attached hydrogens (primary N) is 1. The van der Waals surface area contributed by atoms with Crippen LogP contribution < -0.4 is 5.73 Å². The second kappa shape index (κ2) is 5.32. The standard InChI is InChI=1S/C14H20N2O/c1-11-4-2-6-13(8-11)14(17)16-7-3-5-12(9-15)10-16/h2,4,6,8,12H,3,5,7,9-10,15H2,1H3/t12-/m0/s1. The van der Waals surface area contributed by atoms with Gasteiger partial charge in [-0.05, 0) is 44.4 Å². The minimum Gasteiger partial charge on any atom is -0.338 e. The van der Waals surface area contributed by atoms with Crippen LogP contribution in [-0.2, 0) is 0 Å². The summed E-state index contributed by atoms with van der Waals surface area (Å²) in [6, 6.07) is 7.79. The number of carbonyl (C=O) groups is 1. The van der Waals surface area contributed by atoms with Crippen LogP contribution in [0.15, 0.2) is 24.3 Å². The SMILES string of the molecule is Cc1cccc(C(=O)N2CCC[C@@H](CN)C2)c1. The van der Waals surface area contributed by atoms with E-state index in [0.29, 0.717) is 12.5 Å². The maximum Gasteiger partial charge on any atom is 0.253 e. The van der Waals surface area contributed by atoms with Crippen molar-refractivity contribution in [2.24, 2.45) is 11.7 Å². The van der Waals surface area contributed by atoms with Crippen molar-refractivity contribution in [2.75, 3.05) is 19.6 Å². The van der Waals surface area contributed by atoms with Crippen LogP contribution in [0.5, 0.6) is 0 Å². The van der Waals surface area contributed by atoms with Gasteiger partial charge in [0.05, 0.1) is 0 Å². The molecule has 1 aromatic rings. The normalized spacial score (nSPS) is 20.4. The van der Waals surface area contributed by atoms with Crippen LogP contribution in [0.4, 0.5) is 0 Å². The van der Waals surface area contributed by atoms with Crippen molar-refractivity contribution < 1.29 is 4.79 Å². The molecule has 2 N–H and O–H groups in total. The Labute approximate surface area is 103 Å². The lowest BCUT2D eigenvalue weighted by Gasteiger charge is -2.32. The minimum atomic E-state index is 0.145. The fourth-order valence-corrected chi connectivity index (χ4v) is 2.40. The number of benzene rings is 1. The number of carbonyl (C=O) groups excluding carboxylic acids is 1. The molecule has 0 spiro atoms. The summed E-state index contributed by atoms with van der Waals surface area (Å²) in [5, 5.41) is 0. The maximum atomic E-state index is 12.3. The molecule has 3 heteroatoms. The van der Waals surface area contributed by atoms with Crippen molar-refractivity contribution in [2.45, 2.75) is 19.8 Å². The quantitative estimate of drug-likeness (QED) is 0.845. The Balaban J connectivity index is 2.09. The van der Waals surface area contributed by atoms with E-state index in [1.807, 2.05) is 36.1 Å². The van der Waals surface area contributed by atoms with E-state index in [1.165, 1.54) is 0 Å². The first-order valence-corrected chi connectivity index (χ1v) is 6.26. The van der Waals surface area contributed by atoms with Crippen molar-refractivity contribution in [1.82, 2.24) is 4.90 Å². The largest absolute Gasteiger partial charge is 0.338 e. The molecule has 0 saturated carbocycles. The summed E-state index contributed by atoms with van der Waals surface area (Å²) in [6.45, 7) is 4.36. The summed E-state index contributed by atoms with van der Waals surface area (Å²) in [5.74, 6) is 0.615. The summed E-state index contributed by atoms with van der Waals surface area (Å²) in [4.78, 5) is 14.2. The number of hydrogen-bond donors (Lipinski definition) is 1. The molecule has 1 aromatic carbocycles. The highest BCUT2D eigenvalue weighted by molar-refractivity contribution is 5.94. The van der Waals surface area contributed by atoms with Gasteiger partial charge in [0.1, 0.15) is 0 Å². The van der Waals surface area contributed by atoms with Gasteiger partial charge in [0, 0.05) is 18.7 Å². The molecule has 1 atom stereocenters. The topological polar surface area (TPSA) is 46.3 Å². The van der Waals surface area contributed by atoms with Gasteiger partial charge in [-0.25, -0.2) is 0 Å². The number of piperidine rings is 1. The maximum absolute atomic E-state index is 12.3. The zero-order valence-electron chi connectivity index (χ0n) is 10.4. The number of amides is 1. The van der Waals surface area contributed by atoms with Crippen molar-refractivity contribution in [1.29, 1.82) is 0 Å². The molecule has 0 radical (unpaired) electrons. The second-order valence-electron chi connectivity index (χ2n) is 4.86. The van der Waals surface area contributed by atoms with E-state index in [-0.39, 0.29) is 5.91 Å². The molecule has 0 unspecified atom stereocenters. The molecule has 1 aliphatic rings. The summed E-state index contributed by atoms with van der Waals surface area (Å²) >= 11 is 0. The Morgan fingerprint density at radius 3 is 3.06 bits per heavy atom. The third kappa shape index (κ3) is 2.86. The van der Waals surface area contributed by atoms with E-state index in [1.54, 1.807) is 0 Å². The van der Waals surface area contributed by atoms with E-state index in [2.05, 4.69) is 0 Å². The van der Waals surface area contributed by atoms with Crippen LogP contribution in [-0.4, -0.2) is 30.4 Å². The van der Waals surface area contributed by atoms with Crippen LogP contribution in [0.1, 0.15) is 28.8 Å². The average Bonchev–Trinajstić information content (AvgIpc) is 2.38. The number of aryl methyl sites for hydroxylation is 1. The van der Waals surface area contributed by atoms with Crippen LogP contribution in [0.3, 0.4) is 0 Å². The molecular formula is C14H20N2O. The van der Waals surface area contributed by atoms with Crippen molar-refractivity contribution in [3.63, 3.8) is 0 Å². The second-order valence-corrected chi connectivity index (χ2v) is 4.86. The number of hydrogen-bond acceptors (Lipinski definition) is 2. The highest BCUT2D eigenvalue weighted by Crippen LogP contribution is 2.18. The van der Waals surface area contributed by atoms with Crippen molar-refractivity contribution >= 4 is 5.91 Å². The van der Waals surface area contributed by atoms with Crippen LogP contribution in [0.2, 0.25) is 0 Å². The van der Waals surface area contributed by atoms with Gasteiger partial charge >= 0.3 is 0 Å². The monoisotopic (exact) mass is 232 g/mol. The van der Waals surface area contributed by atoms with Gasteiger partial charge in [0.2, 0.25) is 0 Å². The molecule has 1 saturated heterocycles. The summed E-state index contributed by atoms with van der Waals surface area (Å²) in [6.07, 6.45) is 2.22. The molecule has 92 valence electrons. The Morgan fingerprint density at radius 1 is 1.53 bits per heavy atom. The molecule has 0 aliphatic carbocycles. The fourth-order valence-electron chi connectivity index (χ4n) is 2.40. The first-order valence-electron chi connectivity index (χ1n) is 6.26. The Hall–Kier alpha value is -1.35. The first-order chi connectivity index (χ1) is 8.20. The van der Waals surface area contributed by atoms with Gasteiger partial charge in [0.25, 0.3) is 5.91 Å². The molecule has 1 heterocycles. The first kappa shape index (κ1) is 12.1. The lowest BCUT2D eigenvalue weighted by atomic mass is 9.97. The minimum absolute atomic E-state index is 0.145. The molecule has 0 aromatic heterocycles. The van der Waals surface area contributed by atoms with Crippen LogP contribution in [0, 0.1) is 12.8 Å². The molecular weight excluding hydrogens is 212 g/mol. The zero-order valence-corrected chi connectivity index (χ0v) is 10.4. The van der Waals surface area contributed by atoms with Gasteiger partial charge in [-0.1, -0.05) is 17.7 Å². The highest BCUT2D eigenvalue weighted by atomic mass is 16.2. The van der Waals surface area contributed by atoms with E-state index >= 15 is 0 Å². The molecule has 0 bridgehead atoms. The van der Waals surface area contributed by atoms with Crippen LogP contribution >= 0.6 is 0 Å². The molecule has 17 heavy (non-hydrogen) atoms. The van der Waals surface area contributed by atoms with E-state index in [0.717, 1.165) is 37.1 Å². The predicted molar refractivity (Wildman–Crippen MR) is 68.9 cm³/mol. The summed E-state index contributed by atoms with van der Waals surface area (Å²) in [7, 11) is 0. The lowest BCUT2D eigenvalue weighted by molar-refractivity contribution is 0.0678. The zero-order chi connectivity index (χ0) is 12.3. The average molecular weight is 232 g/mol. The molecule has 1 fully saturated rings. The smallest absolute Gasteiger partial charge is 0.253 e. The Morgan fingerprint density at radius 2 is 2.35 bits per heavy atom. The predicted octanol–water partition coefficient (Wildman–Crippen LogP) is 1.81. The molecule has 2 rings (SSSR count). The van der Waals surface area contributed by atoms with Gasteiger partial charge in [0.15, 0.2) is 0 Å². The summed E-state index contributed by atoms with van der Waals surface area (Å²) < 4.78 is 0. The summed E-state index contributed by atoms with van der Waals surface area (Å²) in [5.41, 5.74) is 7.61. The van der Waals surface area contributed by atoms with E-state index < -0.39 is 0 Å². The van der Waals surface area contributed by atoms with Crippen molar-refractivity contribution in [3.8, 4) is 0 Å². The van der Waals surface area contributed by atoms with E-state index in [4.69, 9.17) is 5.73 Å². The van der Waals surface area contributed by atoms with Crippen molar-refractivity contribution in [3.05, 3.63) is 35.4 Å². The van der Waals surface area contributed by atoms with Gasteiger partial charge in [-0.2, -0.15) is 0 Å². The number of likely N-dealkylation sites (tertiary alicyclic amines) is 1. The number of rotatable bonds is 2. The highest BCUT2D eigenvalue weighted by Gasteiger charge is 2.23. The Kier molecular flexibility index (Phi) is 3.79. The molecule has 1 aliphatic heterocycles. The fraction of sp³-hybridized carbons (Fsp3) is 0.500. The Bertz CT molecular complexity index is 403. The molecule has 3 nitrogen and oxygen atoms in total. The van der Waals surface area contributed by atoms with Gasteiger partial charge in [-0.15, -0.1) is 0 Å². The van der Waals surface area contributed by atoms with Crippen LogP contribution in [0.25, 0.3) is 0 Å². The van der Waals surface area contributed by atoms with Gasteiger partial charge in [-0.3, -0.25) is 4.79 Å². The third-order valence-electron chi connectivity index (χ3n) is 3.40. The number of nitrogens with zero attached hydrogens (tertiary/aromatic N) is 1. The lowest BCUT2D eigenvalue weighted by Crippen LogP contribution is -2.42. The third-order valence-corrected chi connectivity index (χ3v) is 3.40. The van der Waals surface area contributed by atoms with Gasteiger partial charge < -0.3 is 10.6 Å². The van der Waals surface area contributed by atoms with E-state index in [9.17, 15) is 4.79 Å².